The van der Waals surface area contributed by atoms with Gasteiger partial charge in [-0.15, -0.1) is 0 Å². The Balaban J connectivity index is 1.59. The van der Waals surface area contributed by atoms with Gasteiger partial charge in [-0.05, 0) is 65.5 Å². The largest absolute Gasteiger partial charge is 0.339 e. The molecule has 0 atom stereocenters. The van der Waals surface area contributed by atoms with Crippen molar-refractivity contribution in [1.82, 2.24) is 4.90 Å². The fourth-order valence-corrected chi connectivity index (χ4v) is 3.73. The number of hydrogen-bond acceptors (Lipinski definition) is 2. The second-order valence-corrected chi connectivity index (χ2v) is 7.52. The molecule has 0 bridgehead atoms. The van der Waals surface area contributed by atoms with Crippen LogP contribution in [-0.4, -0.2) is 29.8 Å². The number of carbonyl (C=O) groups is 2. The Kier molecular flexibility index (Phi) is 5.89. The molecule has 0 unspecified atom stereocenters. The van der Waals surface area contributed by atoms with E-state index >= 15 is 0 Å². The van der Waals surface area contributed by atoms with Crippen molar-refractivity contribution in [2.75, 3.05) is 18.4 Å². The quantitative estimate of drug-likeness (QED) is 0.768. The Morgan fingerprint density at radius 3 is 2.44 bits per heavy atom. The lowest BCUT2D eigenvalue weighted by Gasteiger charge is -2.31. The molecule has 2 amide bonds. The zero-order valence-corrected chi connectivity index (χ0v) is 16.4. The summed E-state index contributed by atoms with van der Waals surface area (Å²) in [7, 11) is 0. The third-order valence-electron chi connectivity index (χ3n) is 4.70. The predicted molar refractivity (Wildman–Crippen MR) is 102 cm³/mol. The van der Waals surface area contributed by atoms with Crippen LogP contribution in [0.5, 0.6) is 0 Å². The summed E-state index contributed by atoms with van der Waals surface area (Å²) in [5, 5.41) is 2.91. The van der Waals surface area contributed by atoms with Crippen molar-refractivity contribution in [2.45, 2.75) is 19.8 Å². The first-order valence-electron chi connectivity index (χ1n) is 8.66. The van der Waals surface area contributed by atoms with Crippen LogP contribution < -0.4 is 5.32 Å². The van der Waals surface area contributed by atoms with Gasteiger partial charge in [0, 0.05) is 29.5 Å². The van der Waals surface area contributed by atoms with Gasteiger partial charge in [-0.25, -0.2) is 8.78 Å². The molecule has 0 radical (unpaired) electrons. The van der Waals surface area contributed by atoms with E-state index in [-0.39, 0.29) is 17.4 Å². The van der Waals surface area contributed by atoms with Crippen LogP contribution in [0.2, 0.25) is 0 Å². The lowest BCUT2D eigenvalue weighted by atomic mass is 9.95. The number of amides is 2. The molecule has 0 aliphatic carbocycles. The Labute approximate surface area is 164 Å². The van der Waals surface area contributed by atoms with E-state index in [9.17, 15) is 18.4 Å². The van der Waals surface area contributed by atoms with Gasteiger partial charge in [0.05, 0.1) is 11.3 Å². The van der Waals surface area contributed by atoms with Crippen molar-refractivity contribution < 1.29 is 18.4 Å². The van der Waals surface area contributed by atoms with Gasteiger partial charge in [-0.1, -0.05) is 6.07 Å². The number of aryl methyl sites for hydroxylation is 1. The normalized spacial score (nSPS) is 14.9. The minimum absolute atomic E-state index is 0.0976. The standard InChI is InChI=1S/C20H19BrF2N2O2/c1-12-2-5-18(16(21)10-12)24-19(26)13-6-8-25(9-7-13)20(27)15-4-3-14(22)11-17(15)23/h2-5,10-11,13H,6-9H2,1H3,(H,24,26). The van der Waals surface area contributed by atoms with Crippen molar-refractivity contribution in [3.05, 3.63) is 63.6 Å². The number of nitrogens with one attached hydrogen (secondary N) is 1. The predicted octanol–water partition coefficient (Wildman–Crippen LogP) is 4.53. The average Bonchev–Trinajstić information content (AvgIpc) is 2.63. The molecule has 1 fully saturated rings. The van der Waals surface area contributed by atoms with Crippen LogP contribution >= 0.6 is 15.9 Å². The number of benzene rings is 2. The highest BCUT2D eigenvalue weighted by Crippen LogP contribution is 2.26. The molecule has 4 nitrogen and oxygen atoms in total. The van der Waals surface area contributed by atoms with Crippen LogP contribution in [0.4, 0.5) is 14.5 Å². The Bertz CT molecular complexity index is 880. The minimum Gasteiger partial charge on any atom is -0.339 e. The molecule has 3 rings (SSSR count). The summed E-state index contributed by atoms with van der Waals surface area (Å²) in [5.41, 5.74) is 1.64. The second-order valence-electron chi connectivity index (χ2n) is 6.66. The fourth-order valence-electron chi connectivity index (χ4n) is 3.13. The highest BCUT2D eigenvalue weighted by Gasteiger charge is 2.29. The maximum atomic E-state index is 13.8. The van der Waals surface area contributed by atoms with E-state index in [2.05, 4.69) is 21.2 Å². The molecule has 1 aliphatic rings. The Morgan fingerprint density at radius 2 is 1.81 bits per heavy atom. The number of halogens is 3. The zero-order chi connectivity index (χ0) is 19.6. The number of likely N-dealkylation sites (tertiary alicyclic amines) is 1. The van der Waals surface area contributed by atoms with E-state index in [0.29, 0.717) is 37.7 Å². The molecule has 0 spiro atoms. The molecule has 1 saturated heterocycles. The molecular formula is C20H19BrF2N2O2. The molecule has 1 aliphatic heterocycles. The van der Waals surface area contributed by atoms with E-state index in [4.69, 9.17) is 0 Å². The molecule has 0 aromatic heterocycles. The summed E-state index contributed by atoms with van der Waals surface area (Å²) in [6, 6.07) is 8.60. The van der Waals surface area contributed by atoms with Gasteiger partial charge in [0.1, 0.15) is 11.6 Å². The van der Waals surface area contributed by atoms with E-state index in [0.717, 1.165) is 22.2 Å². The van der Waals surface area contributed by atoms with Crippen molar-refractivity contribution >= 4 is 33.4 Å². The third-order valence-corrected chi connectivity index (χ3v) is 5.35. The van der Waals surface area contributed by atoms with E-state index in [1.165, 1.54) is 4.90 Å². The molecule has 27 heavy (non-hydrogen) atoms. The number of piperidine rings is 1. The Hall–Kier alpha value is -2.28. The van der Waals surface area contributed by atoms with Gasteiger partial charge in [-0.2, -0.15) is 0 Å². The summed E-state index contributed by atoms with van der Waals surface area (Å²) in [6.45, 7) is 2.67. The van der Waals surface area contributed by atoms with Crippen LogP contribution in [0.15, 0.2) is 40.9 Å². The van der Waals surface area contributed by atoms with Crippen LogP contribution in [0, 0.1) is 24.5 Å². The smallest absolute Gasteiger partial charge is 0.256 e. The van der Waals surface area contributed by atoms with Gasteiger partial charge in [-0.3, -0.25) is 9.59 Å². The summed E-state index contributed by atoms with van der Waals surface area (Å²) >= 11 is 3.44. The molecule has 0 saturated carbocycles. The van der Waals surface area contributed by atoms with Crippen molar-refractivity contribution in [3.63, 3.8) is 0 Å². The van der Waals surface area contributed by atoms with E-state index in [1.54, 1.807) is 0 Å². The molecular weight excluding hydrogens is 418 g/mol. The first kappa shape index (κ1) is 19.5. The molecule has 142 valence electrons. The molecule has 1 N–H and O–H groups in total. The number of anilines is 1. The number of rotatable bonds is 3. The summed E-state index contributed by atoms with van der Waals surface area (Å²) in [5.74, 6) is -2.39. The number of carbonyl (C=O) groups excluding carboxylic acids is 2. The van der Waals surface area contributed by atoms with Crippen molar-refractivity contribution in [2.24, 2.45) is 5.92 Å². The lowest BCUT2D eigenvalue weighted by molar-refractivity contribution is -0.121. The topological polar surface area (TPSA) is 49.4 Å². The maximum Gasteiger partial charge on any atom is 0.256 e. The highest BCUT2D eigenvalue weighted by molar-refractivity contribution is 9.10. The van der Waals surface area contributed by atoms with Crippen LogP contribution in [0.25, 0.3) is 0 Å². The van der Waals surface area contributed by atoms with Gasteiger partial charge in [0.15, 0.2) is 0 Å². The summed E-state index contributed by atoms with van der Waals surface area (Å²) in [6.07, 6.45) is 0.980. The number of nitrogens with zero attached hydrogens (tertiary/aromatic N) is 1. The zero-order valence-electron chi connectivity index (χ0n) is 14.8. The van der Waals surface area contributed by atoms with Crippen LogP contribution in [-0.2, 0) is 4.79 Å². The summed E-state index contributed by atoms with van der Waals surface area (Å²) in [4.78, 5) is 26.4. The van der Waals surface area contributed by atoms with Gasteiger partial charge in [0.2, 0.25) is 5.91 Å². The summed E-state index contributed by atoms with van der Waals surface area (Å²) < 4.78 is 27.6. The van der Waals surface area contributed by atoms with Crippen molar-refractivity contribution in [1.29, 1.82) is 0 Å². The van der Waals surface area contributed by atoms with Crippen LogP contribution in [0.1, 0.15) is 28.8 Å². The number of hydrogen-bond donors (Lipinski definition) is 1. The molecule has 7 heteroatoms. The minimum atomic E-state index is -0.871. The first-order valence-corrected chi connectivity index (χ1v) is 9.46. The van der Waals surface area contributed by atoms with Gasteiger partial charge < -0.3 is 10.2 Å². The maximum absolute atomic E-state index is 13.8. The molecule has 2 aromatic rings. The van der Waals surface area contributed by atoms with Gasteiger partial charge >= 0.3 is 0 Å². The first-order chi connectivity index (χ1) is 12.8. The lowest BCUT2D eigenvalue weighted by Crippen LogP contribution is -2.41. The van der Waals surface area contributed by atoms with Crippen molar-refractivity contribution in [3.8, 4) is 0 Å². The van der Waals surface area contributed by atoms with Gasteiger partial charge in [0.25, 0.3) is 5.91 Å². The van der Waals surface area contributed by atoms with E-state index < -0.39 is 17.5 Å². The van der Waals surface area contributed by atoms with Crippen LogP contribution in [0.3, 0.4) is 0 Å². The molecule has 1 heterocycles. The highest BCUT2D eigenvalue weighted by atomic mass is 79.9. The second kappa shape index (κ2) is 8.17. The SMILES string of the molecule is Cc1ccc(NC(=O)C2CCN(C(=O)c3ccc(F)cc3F)CC2)c(Br)c1. The Morgan fingerprint density at radius 1 is 1.11 bits per heavy atom. The average molecular weight is 437 g/mol. The van der Waals surface area contributed by atoms with E-state index in [1.807, 2.05) is 25.1 Å². The fraction of sp³-hybridized carbons (Fsp3) is 0.300. The monoisotopic (exact) mass is 436 g/mol. The molecule has 2 aromatic carbocycles. The third kappa shape index (κ3) is 4.53.